The van der Waals surface area contributed by atoms with Crippen LogP contribution in [0.3, 0.4) is 0 Å². The zero-order valence-corrected chi connectivity index (χ0v) is 16.8. The van der Waals surface area contributed by atoms with Gasteiger partial charge >= 0.3 is 5.97 Å². The number of piperazine rings is 1. The summed E-state index contributed by atoms with van der Waals surface area (Å²) in [6.45, 7) is 0.124. The minimum absolute atomic E-state index is 0.0420. The zero-order valence-electron chi connectivity index (χ0n) is 15.3. The van der Waals surface area contributed by atoms with Gasteiger partial charge in [-0.25, -0.2) is 17.6 Å². The van der Waals surface area contributed by atoms with Crippen molar-refractivity contribution in [2.75, 3.05) is 32.8 Å². The van der Waals surface area contributed by atoms with Gasteiger partial charge in [-0.15, -0.1) is 0 Å². The van der Waals surface area contributed by atoms with Crippen molar-refractivity contribution in [2.24, 2.45) is 0 Å². The normalized spacial score (nSPS) is 15.2. The Hall–Kier alpha value is -2.49. The van der Waals surface area contributed by atoms with Gasteiger partial charge in [0.15, 0.2) is 6.61 Å². The first-order valence-electron chi connectivity index (χ1n) is 8.74. The van der Waals surface area contributed by atoms with Gasteiger partial charge in [-0.05, 0) is 30.3 Å². The number of ether oxygens (including phenoxy) is 1. The minimum atomic E-state index is -3.62. The Labute approximate surface area is 172 Å². The number of hydrogen-bond acceptors (Lipinski definition) is 5. The van der Waals surface area contributed by atoms with Crippen LogP contribution in [-0.4, -0.2) is 62.3 Å². The molecule has 1 aliphatic heterocycles. The predicted molar refractivity (Wildman–Crippen MR) is 103 cm³/mol. The molecule has 0 atom stereocenters. The van der Waals surface area contributed by atoms with Crippen molar-refractivity contribution in [1.82, 2.24) is 9.21 Å². The average Bonchev–Trinajstić information content (AvgIpc) is 2.72. The van der Waals surface area contributed by atoms with Crippen LogP contribution in [0.5, 0.6) is 0 Å². The van der Waals surface area contributed by atoms with Crippen molar-refractivity contribution in [2.45, 2.75) is 4.90 Å². The smallest absolute Gasteiger partial charge is 0.340 e. The van der Waals surface area contributed by atoms with E-state index in [-0.39, 0.29) is 41.7 Å². The first-order valence-corrected chi connectivity index (χ1v) is 10.6. The maximum absolute atomic E-state index is 13.0. The molecule has 2 aromatic rings. The van der Waals surface area contributed by atoms with Gasteiger partial charge in [-0.2, -0.15) is 4.31 Å². The summed E-state index contributed by atoms with van der Waals surface area (Å²) in [7, 11) is -3.62. The lowest BCUT2D eigenvalue weighted by Gasteiger charge is -2.33. The number of nitrogens with zero attached hydrogens (tertiary/aromatic N) is 2. The van der Waals surface area contributed by atoms with Crippen molar-refractivity contribution in [3.05, 3.63) is 64.9 Å². The summed E-state index contributed by atoms with van der Waals surface area (Å²) in [5.74, 6) is -1.88. The van der Waals surface area contributed by atoms with Crippen LogP contribution in [0.15, 0.2) is 53.4 Å². The van der Waals surface area contributed by atoms with Crippen LogP contribution in [-0.2, 0) is 19.6 Å². The van der Waals surface area contributed by atoms with Gasteiger partial charge in [-0.1, -0.05) is 29.8 Å². The van der Waals surface area contributed by atoms with Crippen molar-refractivity contribution in [3.8, 4) is 0 Å². The lowest BCUT2D eigenvalue weighted by Crippen LogP contribution is -2.51. The Balaban J connectivity index is 1.53. The van der Waals surface area contributed by atoms with E-state index in [1.807, 2.05) is 0 Å². The van der Waals surface area contributed by atoms with Crippen LogP contribution in [0.1, 0.15) is 10.4 Å². The SMILES string of the molecule is O=C(OCC(=O)N1CCN(S(=O)(=O)c2ccccc2)CC1)c1ccc(F)cc1Cl. The van der Waals surface area contributed by atoms with Crippen molar-refractivity contribution >= 4 is 33.5 Å². The quantitative estimate of drug-likeness (QED) is 0.665. The molecule has 29 heavy (non-hydrogen) atoms. The molecule has 0 unspecified atom stereocenters. The number of hydrogen-bond donors (Lipinski definition) is 0. The van der Waals surface area contributed by atoms with Gasteiger partial charge in [0.2, 0.25) is 10.0 Å². The molecule has 0 bridgehead atoms. The van der Waals surface area contributed by atoms with Crippen LogP contribution in [0, 0.1) is 5.82 Å². The monoisotopic (exact) mass is 440 g/mol. The second kappa shape index (κ2) is 8.89. The molecule has 10 heteroatoms. The highest BCUT2D eigenvalue weighted by Crippen LogP contribution is 2.19. The van der Waals surface area contributed by atoms with Gasteiger partial charge < -0.3 is 9.64 Å². The molecule has 0 spiro atoms. The summed E-state index contributed by atoms with van der Waals surface area (Å²) in [4.78, 5) is 25.9. The summed E-state index contributed by atoms with van der Waals surface area (Å²) in [6, 6.07) is 11.3. The van der Waals surface area contributed by atoms with Crippen molar-refractivity contribution < 1.29 is 27.1 Å². The molecule has 0 aliphatic carbocycles. The number of carbonyl (C=O) groups is 2. The van der Waals surface area contributed by atoms with Crippen LogP contribution in [0.25, 0.3) is 0 Å². The Morgan fingerprint density at radius 2 is 1.69 bits per heavy atom. The summed E-state index contributed by atoms with van der Waals surface area (Å²) >= 11 is 5.80. The molecule has 0 saturated carbocycles. The van der Waals surface area contributed by atoms with E-state index < -0.39 is 34.3 Å². The Morgan fingerprint density at radius 1 is 1.03 bits per heavy atom. The van der Waals surface area contributed by atoms with Crippen LogP contribution in [0.2, 0.25) is 5.02 Å². The number of esters is 1. The van der Waals surface area contributed by atoms with E-state index in [0.29, 0.717) is 0 Å². The van der Waals surface area contributed by atoms with E-state index in [1.165, 1.54) is 27.4 Å². The van der Waals surface area contributed by atoms with E-state index in [9.17, 15) is 22.4 Å². The van der Waals surface area contributed by atoms with E-state index in [0.717, 1.165) is 12.1 Å². The lowest BCUT2D eigenvalue weighted by molar-refractivity contribution is -0.135. The number of benzene rings is 2. The summed E-state index contributed by atoms with van der Waals surface area (Å²) in [5, 5.41) is -0.109. The molecule has 1 amide bonds. The lowest BCUT2D eigenvalue weighted by atomic mass is 10.2. The molecule has 1 fully saturated rings. The standard InChI is InChI=1S/C19H18ClFN2O5S/c20-17-12-14(21)6-7-16(17)19(25)28-13-18(24)22-8-10-23(11-9-22)29(26,27)15-4-2-1-3-5-15/h1-7,12H,8-11,13H2. The van der Waals surface area contributed by atoms with Crippen LogP contribution < -0.4 is 0 Å². The molecular formula is C19H18ClFN2O5S. The summed E-state index contributed by atoms with van der Waals surface area (Å²) in [5.41, 5.74) is -0.0420. The maximum atomic E-state index is 13.0. The Morgan fingerprint density at radius 3 is 2.31 bits per heavy atom. The zero-order chi connectivity index (χ0) is 21.0. The average molecular weight is 441 g/mol. The maximum Gasteiger partial charge on any atom is 0.340 e. The first kappa shape index (κ1) is 21.2. The Bertz CT molecular complexity index is 1010. The molecule has 0 N–H and O–H groups in total. The van der Waals surface area contributed by atoms with Gasteiger partial charge in [-0.3, -0.25) is 4.79 Å². The van der Waals surface area contributed by atoms with Crippen LogP contribution in [0.4, 0.5) is 4.39 Å². The number of amides is 1. The number of carbonyl (C=O) groups excluding carboxylic acids is 2. The minimum Gasteiger partial charge on any atom is -0.452 e. The van der Waals surface area contributed by atoms with Gasteiger partial charge in [0.25, 0.3) is 5.91 Å². The topological polar surface area (TPSA) is 84.0 Å². The number of halogens is 2. The van der Waals surface area contributed by atoms with E-state index in [1.54, 1.807) is 18.2 Å². The predicted octanol–water partition coefficient (Wildman–Crippen LogP) is 2.17. The fourth-order valence-electron chi connectivity index (χ4n) is 2.87. The number of rotatable bonds is 5. The summed E-state index contributed by atoms with van der Waals surface area (Å²) in [6.07, 6.45) is 0. The summed E-state index contributed by atoms with van der Waals surface area (Å²) < 4.78 is 44.5. The Kier molecular flexibility index (Phi) is 6.51. The molecule has 1 aliphatic rings. The highest BCUT2D eigenvalue weighted by Gasteiger charge is 2.30. The molecule has 1 saturated heterocycles. The van der Waals surface area contributed by atoms with E-state index in [2.05, 4.69) is 0 Å². The molecule has 154 valence electrons. The third-order valence-corrected chi connectivity index (χ3v) is 6.68. The fourth-order valence-corrected chi connectivity index (χ4v) is 4.56. The molecule has 2 aromatic carbocycles. The van der Waals surface area contributed by atoms with Crippen LogP contribution >= 0.6 is 11.6 Å². The fraction of sp³-hybridized carbons (Fsp3) is 0.263. The molecule has 0 radical (unpaired) electrons. The highest BCUT2D eigenvalue weighted by atomic mass is 35.5. The second-order valence-corrected chi connectivity index (χ2v) is 8.64. The van der Waals surface area contributed by atoms with Crippen molar-refractivity contribution in [3.63, 3.8) is 0 Å². The third kappa shape index (κ3) is 4.92. The van der Waals surface area contributed by atoms with Gasteiger partial charge in [0.1, 0.15) is 5.82 Å². The first-order chi connectivity index (χ1) is 13.8. The highest BCUT2D eigenvalue weighted by molar-refractivity contribution is 7.89. The molecule has 7 nitrogen and oxygen atoms in total. The molecule has 1 heterocycles. The van der Waals surface area contributed by atoms with Gasteiger partial charge in [0.05, 0.1) is 15.5 Å². The second-order valence-electron chi connectivity index (χ2n) is 6.30. The van der Waals surface area contributed by atoms with E-state index in [4.69, 9.17) is 16.3 Å². The molecule has 0 aromatic heterocycles. The molecular weight excluding hydrogens is 423 g/mol. The van der Waals surface area contributed by atoms with E-state index >= 15 is 0 Å². The molecule has 3 rings (SSSR count). The third-order valence-electron chi connectivity index (χ3n) is 4.45. The van der Waals surface area contributed by atoms with Gasteiger partial charge in [0, 0.05) is 26.2 Å². The largest absolute Gasteiger partial charge is 0.452 e. The van der Waals surface area contributed by atoms with Crippen molar-refractivity contribution in [1.29, 1.82) is 0 Å². The number of sulfonamides is 1.